The number of carbonyl (C=O) groups excluding carboxylic acids is 1. The van der Waals surface area contributed by atoms with E-state index in [0.29, 0.717) is 5.56 Å². The van der Waals surface area contributed by atoms with E-state index in [2.05, 4.69) is 5.32 Å². The smallest absolute Gasteiger partial charge is 0.266 e. The lowest BCUT2D eigenvalue weighted by Gasteiger charge is -2.07. The van der Waals surface area contributed by atoms with E-state index in [0.717, 1.165) is 11.3 Å². The van der Waals surface area contributed by atoms with E-state index < -0.39 is 11.7 Å². The highest BCUT2D eigenvalue weighted by Gasteiger charge is 2.12. The summed E-state index contributed by atoms with van der Waals surface area (Å²) in [5.74, 6) is -0.499. The molecule has 2 rings (SSSR count). The van der Waals surface area contributed by atoms with E-state index in [1.54, 1.807) is 31.4 Å². The molecule has 0 fully saturated rings. The molecule has 4 nitrogen and oxygen atoms in total. The van der Waals surface area contributed by atoms with Crippen molar-refractivity contribution in [1.29, 1.82) is 5.26 Å². The van der Waals surface area contributed by atoms with Crippen molar-refractivity contribution in [3.63, 3.8) is 0 Å². The van der Waals surface area contributed by atoms with Crippen LogP contribution in [0.3, 0.4) is 0 Å². The van der Waals surface area contributed by atoms with Crippen molar-refractivity contribution in [3.05, 3.63) is 65.0 Å². The maximum Gasteiger partial charge on any atom is 0.266 e. The summed E-state index contributed by atoms with van der Waals surface area (Å²) in [6.07, 6.45) is 1.45. The number of nitriles is 1. The molecule has 0 aliphatic rings. The Morgan fingerprint density at radius 1 is 1.30 bits per heavy atom. The van der Waals surface area contributed by atoms with Crippen molar-refractivity contribution in [3.8, 4) is 11.8 Å². The van der Waals surface area contributed by atoms with Gasteiger partial charge in [-0.2, -0.15) is 5.26 Å². The number of methoxy groups -OCH3 is 1. The van der Waals surface area contributed by atoms with Gasteiger partial charge in [0.1, 0.15) is 23.2 Å². The van der Waals surface area contributed by atoms with Crippen LogP contribution >= 0.6 is 0 Å². The summed E-state index contributed by atoms with van der Waals surface area (Å²) in [6.45, 7) is 1.86. The summed E-state index contributed by atoms with van der Waals surface area (Å²) in [6, 6.07) is 12.9. The lowest BCUT2D eigenvalue weighted by atomic mass is 10.1. The quantitative estimate of drug-likeness (QED) is 0.692. The number of hydrogen-bond donors (Lipinski definition) is 1. The first-order chi connectivity index (χ1) is 11.0. The number of anilines is 1. The normalized spacial score (nSPS) is 10.8. The Hall–Kier alpha value is -3.13. The molecule has 2 aromatic carbocycles. The van der Waals surface area contributed by atoms with Crippen LogP contribution in [0.1, 0.15) is 11.1 Å². The van der Waals surface area contributed by atoms with Gasteiger partial charge in [-0.15, -0.1) is 0 Å². The Bertz CT molecular complexity index is 807. The largest absolute Gasteiger partial charge is 0.496 e. The van der Waals surface area contributed by atoms with Crippen LogP contribution in [0, 0.1) is 24.1 Å². The molecular formula is C18H15FN2O2. The number of hydrogen-bond acceptors (Lipinski definition) is 3. The predicted octanol–water partition coefficient (Wildman–Crippen LogP) is 3.69. The van der Waals surface area contributed by atoms with Crippen LogP contribution in [-0.4, -0.2) is 13.0 Å². The first-order valence-corrected chi connectivity index (χ1v) is 6.87. The molecule has 0 heterocycles. The first kappa shape index (κ1) is 16.2. The monoisotopic (exact) mass is 310 g/mol. The molecule has 0 radical (unpaired) electrons. The summed E-state index contributed by atoms with van der Waals surface area (Å²) >= 11 is 0. The molecule has 0 atom stereocenters. The van der Waals surface area contributed by atoms with E-state index >= 15 is 0 Å². The number of halogens is 1. The molecule has 2 aromatic rings. The molecule has 5 heteroatoms. The molecule has 0 spiro atoms. The number of nitrogens with zero attached hydrogens (tertiary/aromatic N) is 1. The number of rotatable bonds is 4. The third-order valence-corrected chi connectivity index (χ3v) is 3.22. The molecule has 0 saturated carbocycles. The van der Waals surface area contributed by atoms with E-state index in [1.807, 2.05) is 13.0 Å². The van der Waals surface area contributed by atoms with Crippen LogP contribution < -0.4 is 10.1 Å². The highest BCUT2D eigenvalue weighted by Crippen LogP contribution is 2.20. The van der Waals surface area contributed by atoms with Crippen molar-refractivity contribution in [2.24, 2.45) is 0 Å². The number of carbonyl (C=O) groups is 1. The van der Waals surface area contributed by atoms with E-state index in [1.165, 1.54) is 24.3 Å². The third-order valence-electron chi connectivity index (χ3n) is 3.22. The number of aryl methyl sites for hydroxylation is 1. The standard InChI is InChI=1S/C18H15FN2O2/c1-12-9-13(7-8-17(12)23-2)10-14(11-20)18(22)21-16-6-4-3-5-15(16)19/h3-10H,1-2H3,(H,21,22)/b14-10+. The Morgan fingerprint density at radius 3 is 2.65 bits per heavy atom. The van der Waals surface area contributed by atoms with Gasteiger partial charge in [0, 0.05) is 0 Å². The second-order valence-corrected chi connectivity index (χ2v) is 4.83. The minimum absolute atomic E-state index is 0.0320. The molecular weight excluding hydrogens is 295 g/mol. The number of para-hydroxylation sites is 1. The summed E-state index contributed by atoms with van der Waals surface area (Å²) in [5, 5.41) is 11.6. The molecule has 23 heavy (non-hydrogen) atoms. The fourth-order valence-electron chi connectivity index (χ4n) is 2.06. The van der Waals surface area contributed by atoms with Crippen LogP contribution in [0.5, 0.6) is 5.75 Å². The second-order valence-electron chi connectivity index (χ2n) is 4.83. The van der Waals surface area contributed by atoms with Crippen LogP contribution in [0.2, 0.25) is 0 Å². The molecule has 0 saturated heterocycles. The van der Waals surface area contributed by atoms with Crippen LogP contribution in [0.15, 0.2) is 48.0 Å². The van der Waals surface area contributed by atoms with Gasteiger partial charge in [0.25, 0.3) is 5.91 Å². The van der Waals surface area contributed by atoms with Crippen LogP contribution in [0.25, 0.3) is 6.08 Å². The average molecular weight is 310 g/mol. The van der Waals surface area contributed by atoms with Gasteiger partial charge in [-0.25, -0.2) is 4.39 Å². The van der Waals surface area contributed by atoms with E-state index in [-0.39, 0.29) is 11.3 Å². The molecule has 0 bridgehead atoms. The van der Waals surface area contributed by atoms with Gasteiger partial charge in [-0.05, 0) is 48.4 Å². The second kappa shape index (κ2) is 7.23. The van der Waals surface area contributed by atoms with Crippen molar-refractivity contribution in [2.45, 2.75) is 6.92 Å². The zero-order chi connectivity index (χ0) is 16.8. The molecule has 0 unspecified atom stereocenters. The summed E-state index contributed by atoms with van der Waals surface area (Å²) in [7, 11) is 1.57. The maximum atomic E-state index is 13.5. The fraction of sp³-hybridized carbons (Fsp3) is 0.111. The van der Waals surface area contributed by atoms with E-state index in [4.69, 9.17) is 4.74 Å². The minimum atomic E-state index is -0.661. The molecule has 1 amide bonds. The van der Waals surface area contributed by atoms with Gasteiger partial charge in [-0.3, -0.25) is 4.79 Å². The summed E-state index contributed by atoms with van der Waals surface area (Å²) in [5.41, 5.74) is 1.49. The maximum absolute atomic E-state index is 13.5. The van der Waals surface area contributed by atoms with Gasteiger partial charge in [-0.1, -0.05) is 18.2 Å². The Labute approximate surface area is 133 Å². The van der Waals surface area contributed by atoms with Crippen molar-refractivity contribution in [1.82, 2.24) is 0 Å². The molecule has 0 aliphatic heterocycles. The summed E-state index contributed by atoms with van der Waals surface area (Å²) < 4.78 is 18.7. The third kappa shape index (κ3) is 3.95. The molecule has 0 aliphatic carbocycles. The fourth-order valence-corrected chi connectivity index (χ4v) is 2.06. The highest BCUT2D eigenvalue weighted by atomic mass is 19.1. The van der Waals surface area contributed by atoms with Crippen LogP contribution in [0.4, 0.5) is 10.1 Å². The van der Waals surface area contributed by atoms with Crippen molar-refractivity contribution in [2.75, 3.05) is 12.4 Å². The van der Waals surface area contributed by atoms with Crippen molar-refractivity contribution < 1.29 is 13.9 Å². The summed E-state index contributed by atoms with van der Waals surface area (Å²) in [4.78, 5) is 12.1. The van der Waals surface area contributed by atoms with E-state index in [9.17, 15) is 14.4 Å². The first-order valence-electron chi connectivity index (χ1n) is 6.87. The van der Waals surface area contributed by atoms with Gasteiger partial charge in [0.2, 0.25) is 0 Å². The van der Waals surface area contributed by atoms with Gasteiger partial charge in [0.05, 0.1) is 12.8 Å². The van der Waals surface area contributed by atoms with Gasteiger partial charge in [0.15, 0.2) is 0 Å². The van der Waals surface area contributed by atoms with Gasteiger partial charge < -0.3 is 10.1 Å². The molecule has 116 valence electrons. The zero-order valence-corrected chi connectivity index (χ0v) is 12.8. The molecule has 0 aromatic heterocycles. The number of amides is 1. The average Bonchev–Trinajstić information content (AvgIpc) is 2.54. The minimum Gasteiger partial charge on any atom is -0.496 e. The number of nitrogens with one attached hydrogen (secondary N) is 1. The highest BCUT2D eigenvalue weighted by molar-refractivity contribution is 6.09. The Kier molecular flexibility index (Phi) is 5.11. The molecule has 1 N–H and O–H groups in total. The Balaban J connectivity index is 2.25. The topological polar surface area (TPSA) is 62.1 Å². The van der Waals surface area contributed by atoms with Crippen LogP contribution in [-0.2, 0) is 4.79 Å². The van der Waals surface area contributed by atoms with Gasteiger partial charge >= 0.3 is 0 Å². The number of ether oxygens (including phenoxy) is 1. The number of benzene rings is 2. The SMILES string of the molecule is COc1ccc(/C=C(\C#N)C(=O)Nc2ccccc2F)cc1C. The zero-order valence-electron chi connectivity index (χ0n) is 12.8. The predicted molar refractivity (Wildman–Crippen MR) is 86.4 cm³/mol. The lowest BCUT2D eigenvalue weighted by Crippen LogP contribution is -2.14. The lowest BCUT2D eigenvalue weighted by molar-refractivity contribution is -0.112. The Morgan fingerprint density at radius 2 is 2.04 bits per heavy atom. The van der Waals surface area contributed by atoms with Crippen molar-refractivity contribution >= 4 is 17.7 Å².